The Kier molecular flexibility index (Phi) is 14.1. The van der Waals surface area contributed by atoms with E-state index in [1.54, 1.807) is 25.1 Å². The van der Waals surface area contributed by atoms with Gasteiger partial charge in [0.05, 0.1) is 37.3 Å². The van der Waals surface area contributed by atoms with Gasteiger partial charge in [-0.05, 0) is 110 Å². The topological polar surface area (TPSA) is 282 Å². The van der Waals surface area contributed by atoms with E-state index >= 15 is 0 Å². The molecule has 320 valence electrons. The first-order valence-corrected chi connectivity index (χ1v) is 18.5. The third kappa shape index (κ3) is 10.6. The van der Waals surface area contributed by atoms with Gasteiger partial charge in [0.1, 0.15) is 17.4 Å². The average molecular weight is 848 g/mol. The van der Waals surface area contributed by atoms with E-state index in [0.29, 0.717) is 16.8 Å². The molecule has 18 nitrogen and oxygen atoms in total. The Morgan fingerprint density at radius 3 is 1.60 bits per heavy atom. The van der Waals surface area contributed by atoms with E-state index in [4.69, 9.17) is 9.47 Å². The number of ether oxygens (including phenoxy) is 2. The minimum absolute atomic E-state index is 0.0194. The number of aliphatic hydroxyl groups is 1. The fourth-order valence-corrected chi connectivity index (χ4v) is 5.87. The summed E-state index contributed by atoms with van der Waals surface area (Å²) < 4.78 is 10.3. The summed E-state index contributed by atoms with van der Waals surface area (Å²) in [7, 11) is 2.35. The molecule has 5 amide bonds. The molecule has 10 N–H and O–H groups in total. The normalized spacial score (nSPS) is 11.9. The predicted molar refractivity (Wildman–Crippen MR) is 227 cm³/mol. The molecule has 5 aromatic rings. The first kappa shape index (κ1) is 44.7. The number of carbonyl (C=O) groups is 6. The number of carboxylic acids is 1. The summed E-state index contributed by atoms with van der Waals surface area (Å²) in [6, 6.07) is 21.1. The number of phenolic OH excluding ortho intramolecular Hbond substituents is 2. The van der Waals surface area contributed by atoms with Crippen molar-refractivity contribution in [3.63, 3.8) is 0 Å². The molecule has 0 aliphatic heterocycles. The number of phenols is 3. The first-order valence-electron chi connectivity index (χ1n) is 18.5. The second kappa shape index (κ2) is 19.6. The van der Waals surface area contributed by atoms with Crippen LogP contribution in [0.5, 0.6) is 28.7 Å². The van der Waals surface area contributed by atoms with Gasteiger partial charge in [-0.15, -0.1) is 0 Å². The van der Waals surface area contributed by atoms with Crippen molar-refractivity contribution in [1.82, 2.24) is 5.32 Å². The Morgan fingerprint density at radius 2 is 1.08 bits per heavy atom. The number of aromatic carboxylic acids is 1. The van der Waals surface area contributed by atoms with Crippen molar-refractivity contribution < 1.29 is 63.8 Å². The molecule has 5 aromatic carbocycles. The minimum Gasteiger partial charge on any atom is -0.508 e. The summed E-state index contributed by atoms with van der Waals surface area (Å²) in [5.41, 5.74) is 1.09. The van der Waals surface area contributed by atoms with Crippen molar-refractivity contribution >= 4 is 64.3 Å². The van der Waals surface area contributed by atoms with Crippen LogP contribution in [-0.4, -0.2) is 87.4 Å². The van der Waals surface area contributed by atoms with Crippen LogP contribution in [0.3, 0.4) is 0 Å². The molecular formula is C44H41N5O13. The SMILES string of the molecule is COc1c(NC(=O)c2ccc(NC(=O)c3ccc(NC(=O)C(NC(=O)c4ccc(NC(=O)C(C)=Cc5ccc(O)cc5)cc4)C(C)O)cc3)c(OC)c2O)ccc(C(=O)O)c1O. The zero-order valence-corrected chi connectivity index (χ0v) is 33.5. The van der Waals surface area contributed by atoms with Gasteiger partial charge in [-0.2, -0.15) is 0 Å². The largest absolute Gasteiger partial charge is 0.508 e. The maximum absolute atomic E-state index is 13.2. The van der Waals surface area contributed by atoms with Crippen LogP contribution in [-0.2, 0) is 9.59 Å². The summed E-state index contributed by atoms with van der Waals surface area (Å²) in [4.78, 5) is 76.6. The van der Waals surface area contributed by atoms with Gasteiger partial charge in [-0.3, -0.25) is 24.0 Å². The van der Waals surface area contributed by atoms with Crippen molar-refractivity contribution in [1.29, 1.82) is 0 Å². The van der Waals surface area contributed by atoms with Crippen molar-refractivity contribution in [3.8, 4) is 28.7 Å². The van der Waals surface area contributed by atoms with Crippen LogP contribution in [0.25, 0.3) is 6.08 Å². The number of hydrogen-bond acceptors (Lipinski definition) is 12. The number of carboxylic acid groups (broad SMARTS) is 1. The van der Waals surface area contributed by atoms with Gasteiger partial charge in [0, 0.05) is 28.1 Å². The Labute approximate surface area is 353 Å². The molecule has 0 radical (unpaired) electrons. The molecule has 5 rings (SSSR count). The quantitative estimate of drug-likeness (QED) is 0.0609. The standard InChI is InChI=1S/C44H41N5O13/c1-22(21-24-5-15-29(51)16-6-24)39(54)45-27-11-9-26(10-12-27)41(56)49-34(23(2)50)43(58)46-28-13-7-25(8-14-28)40(55)47-32-19-17-30(35(52)37(32)61-3)42(57)48-33-20-18-31(44(59)60)36(53)38(33)62-4/h5-21,23,34,50-53H,1-4H3,(H,45,54)(H,46,58)(H,47,55)(H,48,57)(H,49,56)(H,59,60). The molecule has 18 heteroatoms. The van der Waals surface area contributed by atoms with Crippen molar-refractivity contribution in [2.75, 3.05) is 35.5 Å². The second-order valence-corrected chi connectivity index (χ2v) is 13.5. The van der Waals surface area contributed by atoms with Crippen LogP contribution in [0.1, 0.15) is 60.8 Å². The molecule has 0 fully saturated rings. The number of benzene rings is 5. The molecule has 0 spiro atoms. The Balaban J connectivity index is 1.18. The van der Waals surface area contributed by atoms with Crippen LogP contribution < -0.4 is 36.1 Å². The van der Waals surface area contributed by atoms with Crippen LogP contribution in [0, 0.1) is 0 Å². The number of rotatable bonds is 15. The number of hydrogen-bond donors (Lipinski definition) is 10. The van der Waals surface area contributed by atoms with E-state index in [9.17, 15) is 54.3 Å². The molecule has 0 aliphatic carbocycles. The van der Waals surface area contributed by atoms with Gasteiger partial charge in [0.25, 0.3) is 23.6 Å². The number of aromatic hydroxyl groups is 3. The van der Waals surface area contributed by atoms with E-state index in [2.05, 4.69) is 26.6 Å². The van der Waals surface area contributed by atoms with E-state index in [-0.39, 0.29) is 56.9 Å². The monoisotopic (exact) mass is 847 g/mol. The zero-order chi connectivity index (χ0) is 45.2. The lowest BCUT2D eigenvalue weighted by Gasteiger charge is -2.21. The molecule has 2 unspecified atom stereocenters. The third-order valence-electron chi connectivity index (χ3n) is 9.15. The number of amides is 5. The van der Waals surface area contributed by atoms with E-state index < -0.39 is 58.8 Å². The summed E-state index contributed by atoms with van der Waals surface area (Å²) in [5, 5.41) is 63.1. The lowest BCUT2D eigenvalue weighted by molar-refractivity contribution is -0.120. The summed E-state index contributed by atoms with van der Waals surface area (Å²) in [6.45, 7) is 2.94. The Morgan fingerprint density at radius 1 is 0.597 bits per heavy atom. The number of nitrogens with one attached hydrogen (secondary N) is 5. The lowest BCUT2D eigenvalue weighted by atomic mass is 10.1. The summed E-state index contributed by atoms with van der Waals surface area (Å²) in [5.74, 6) is -6.69. The maximum Gasteiger partial charge on any atom is 0.339 e. The van der Waals surface area contributed by atoms with E-state index in [1.807, 2.05) is 0 Å². The molecule has 0 heterocycles. The fourth-order valence-electron chi connectivity index (χ4n) is 5.87. The van der Waals surface area contributed by atoms with Crippen molar-refractivity contribution in [3.05, 3.63) is 130 Å². The third-order valence-corrected chi connectivity index (χ3v) is 9.15. The van der Waals surface area contributed by atoms with Crippen LogP contribution >= 0.6 is 0 Å². The minimum atomic E-state index is -1.43. The summed E-state index contributed by atoms with van der Waals surface area (Å²) in [6.07, 6.45) is 0.322. The van der Waals surface area contributed by atoms with Crippen molar-refractivity contribution in [2.24, 2.45) is 0 Å². The molecule has 0 aromatic heterocycles. The molecule has 0 saturated heterocycles. The highest BCUT2D eigenvalue weighted by molar-refractivity contribution is 6.11. The van der Waals surface area contributed by atoms with E-state index in [0.717, 1.165) is 13.2 Å². The molecule has 0 saturated carbocycles. The number of anilines is 4. The van der Waals surface area contributed by atoms with Crippen LogP contribution in [0.4, 0.5) is 22.7 Å². The molecular weight excluding hydrogens is 807 g/mol. The highest BCUT2D eigenvalue weighted by Crippen LogP contribution is 2.40. The zero-order valence-electron chi connectivity index (χ0n) is 33.5. The maximum atomic E-state index is 13.2. The summed E-state index contributed by atoms with van der Waals surface area (Å²) >= 11 is 0. The second-order valence-electron chi connectivity index (χ2n) is 13.5. The molecule has 62 heavy (non-hydrogen) atoms. The lowest BCUT2D eigenvalue weighted by Crippen LogP contribution is -2.50. The van der Waals surface area contributed by atoms with Crippen molar-refractivity contribution in [2.45, 2.75) is 26.0 Å². The predicted octanol–water partition coefficient (Wildman–Crippen LogP) is 5.18. The average Bonchev–Trinajstić information content (AvgIpc) is 3.23. The van der Waals surface area contributed by atoms with Gasteiger partial charge in [0.2, 0.25) is 5.91 Å². The Hall–Kier alpha value is -8.38. The van der Waals surface area contributed by atoms with Gasteiger partial charge in [-0.25, -0.2) is 4.79 Å². The fraction of sp³-hybridized carbons (Fsp3) is 0.136. The van der Waals surface area contributed by atoms with Gasteiger partial charge in [-0.1, -0.05) is 12.1 Å². The smallest absolute Gasteiger partial charge is 0.339 e. The highest BCUT2D eigenvalue weighted by Gasteiger charge is 2.27. The molecule has 0 aliphatic rings. The highest BCUT2D eigenvalue weighted by atomic mass is 16.5. The number of aliphatic hydroxyl groups excluding tert-OH is 1. The Bertz CT molecular complexity index is 2550. The molecule has 2 atom stereocenters. The van der Waals surface area contributed by atoms with Crippen LogP contribution in [0.15, 0.2) is 103 Å². The van der Waals surface area contributed by atoms with Gasteiger partial charge >= 0.3 is 5.97 Å². The van der Waals surface area contributed by atoms with Crippen LogP contribution in [0.2, 0.25) is 0 Å². The molecule has 0 bridgehead atoms. The van der Waals surface area contributed by atoms with E-state index in [1.165, 1.54) is 92.9 Å². The number of methoxy groups -OCH3 is 2. The van der Waals surface area contributed by atoms with Gasteiger partial charge < -0.3 is 61.6 Å². The van der Waals surface area contributed by atoms with Gasteiger partial charge in [0.15, 0.2) is 23.0 Å². The number of carbonyl (C=O) groups excluding carboxylic acids is 5. The first-order chi connectivity index (χ1) is 29.5.